The third-order valence-electron chi connectivity index (χ3n) is 4.45. The normalized spacial score (nSPS) is 23.4. The fraction of sp³-hybridized carbons (Fsp3) is 0.571. The molecule has 1 amide bonds. The van der Waals surface area contributed by atoms with Crippen LogP contribution in [0.1, 0.15) is 39.2 Å². The lowest BCUT2D eigenvalue weighted by Gasteiger charge is -2.23. The van der Waals surface area contributed by atoms with E-state index < -0.39 is 36.4 Å². The highest BCUT2D eigenvalue weighted by atomic mass is 16.7. The van der Waals surface area contributed by atoms with Crippen LogP contribution >= 0.6 is 0 Å². The highest BCUT2D eigenvalue weighted by Crippen LogP contribution is 2.33. The fourth-order valence-electron chi connectivity index (χ4n) is 3.19. The van der Waals surface area contributed by atoms with Crippen LogP contribution in [0.2, 0.25) is 0 Å². The second kappa shape index (κ2) is 11.5. The molecule has 2 rings (SSSR count). The van der Waals surface area contributed by atoms with Crippen LogP contribution in [-0.2, 0) is 39.9 Å². The summed E-state index contributed by atoms with van der Waals surface area (Å²) in [4.78, 5) is 35.3. The minimum Gasteiger partial charge on any atom is -0.455 e. The van der Waals surface area contributed by atoms with Gasteiger partial charge in [-0.1, -0.05) is 37.3 Å². The first-order chi connectivity index (χ1) is 13.9. The highest BCUT2D eigenvalue weighted by Gasteiger charge is 2.49. The van der Waals surface area contributed by atoms with Crippen molar-refractivity contribution in [2.24, 2.45) is 5.92 Å². The Labute approximate surface area is 170 Å². The molecule has 8 nitrogen and oxygen atoms in total. The van der Waals surface area contributed by atoms with Crippen LogP contribution in [-0.4, -0.2) is 49.5 Å². The Morgan fingerprint density at radius 3 is 2.38 bits per heavy atom. The molecule has 1 heterocycles. The van der Waals surface area contributed by atoms with Crippen LogP contribution in [0.3, 0.4) is 0 Å². The van der Waals surface area contributed by atoms with E-state index in [-0.39, 0.29) is 18.9 Å². The summed E-state index contributed by atoms with van der Waals surface area (Å²) in [5.41, 5.74) is 0.996. The van der Waals surface area contributed by atoms with Crippen molar-refractivity contribution in [1.29, 1.82) is 0 Å². The van der Waals surface area contributed by atoms with Crippen molar-refractivity contribution in [3.63, 3.8) is 0 Å². The van der Waals surface area contributed by atoms with Gasteiger partial charge in [0, 0.05) is 32.7 Å². The lowest BCUT2D eigenvalue weighted by Crippen LogP contribution is -2.38. The molecular weight excluding hydrogens is 378 g/mol. The molecule has 1 aliphatic rings. The van der Waals surface area contributed by atoms with E-state index in [9.17, 15) is 14.4 Å². The number of hydrogen-bond acceptors (Lipinski definition) is 7. The van der Waals surface area contributed by atoms with Gasteiger partial charge in [-0.2, -0.15) is 0 Å². The van der Waals surface area contributed by atoms with Gasteiger partial charge in [0.1, 0.15) is 0 Å². The van der Waals surface area contributed by atoms with Crippen LogP contribution in [0.5, 0.6) is 0 Å². The van der Waals surface area contributed by atoms with Crippen molar-refractivity contribution in [2.75, 3.05) is 13.2 Å². The van der Waals surface area contributed by atoms with E-state index in [2.05, 4.69) is 5.32 Å². The van der Waals surface area contributed by atoms with Crippen molar-refractivity contribution in [3.8, 4) is 0 Å². The monoisotopic (exact) mass is 407 g/mol. The number of hydrogen-bond donors (Lipinski definition) is 1. The van der Waals surface area contributed by atoms with Gasteiger partial charge in [0.25, 0.3) is 0 Å². The van der Waals surface area contributed by atoms with Gasteiger partial charge in [0.15, 0.2) is 6.10 Å². The molecular formula is C21H29NO7. The smallest absolute Gasteiger partial charge is 0.305 e. The molecule has 0 unspecified atom stereocenters. The van der Waals surface area contributed by atoms with E-state index in [1.165, 1.54) is 13.8 Å². The maximum Gasteiger partial charge on any atom is 0.305 e. The summed E-state index contributed by atoms with van der Waals surface area (Å²) in [5, 5.41) is 2.81. The second-order valence-electron chi connectivity index (χ2n) is 6.95. The number of carbonyl (C=O) groups excluding carboxylic acids is 3. The van der Waals surface area contributed by atoms with E-state index in [0.717, 1.165) is 12.0 Å². The molecule has 1 fully saturated rings. The van der Waals surface area contributed by atoms with E-state index in [1.54, 1.807) is 0 Å². The van der Waals surface area contributed by atoms with E-state index in [4.69, 9.17) is 18.9 Å². The van der Waals surface area contributed by atoms with Crippen LogP contribution in [0, 0.1) is 5.92 Å². The van der Waals surface area contributed by atoms with Crippen molar-refractivity contribution < 1.29 is 33.3 Å². The number of carbonyl (C=O) groups is 3. The predicted molar refractivity (Wildman–Crippen MR) is 103 cm³/mol. The molecule has 160 valence electrons. The summed E-state index contributed by atoms with van der Waals surface area (Å²) in [6.07, 6.45) is -1.66. The lowest BCUT2D eigenvalue weighted by molar-refractivity contribution is -0.196. The summed E-state index contributed by atoms with van der Waals surface area (Å²) in [7, 11) is 0. The van der Waals surface area contributed by atoms with Crippen LogP contribution in [0.4, 0.5) is 0 Å². The minimum atomic E-state index is -1.08. The highest BCUT2D eigenvalue weighted by molar-refractivity contribution is 5.76. The Balaban J connectivity index is 2.09. The molecule has 1 aliphatic heterocycles. The summed E-state index contributed by atoms with van der Waals surface area (Å²) in [5.74, 6) is -1.79. The molecule has 0 radical (unpaired) electrons. The maximum absolute atomic E-state index is 12.3. The topological polar surface area (TPSA) is 100 Å². The number of esters is 2. The van der Waals surface area contributed by atoms with E-state index >= 15 is 0 Å². The zero-order valence-corrected chi connectivity index (χ0v) is 17.1. The molecule has 1 aromatic carbocycles. The Morgan fingerprint density at radius 2 is 1.76 bits per heavy atom. The molecule has 1 N–H and O–H groups in total. The van der Waals surface area contributed by atoms with Gasteiger partial charge in [-0.05, 0) is 12.0 Å². The van der Waals surface area contributed by atoms with Gasteiger partial charge in [0.2, 0.25) is 12.2 Å². The predicted octanol–water partition coefficient (Wildman–Crippen LogP) is 1.96. The molecule has 0 spiro atoms. The molecule has 0 aliphatic carbocycles. The summed E-state index contributed by atoms with van der Waals surface area (Å²) < 4.78 is 22.1. The van der Waals surface area contributed by atoms with Crippen LogP contribution in [0.25, 0.3) is 0 Å². The molecule has 0 bridgehead atoms. The summed E-state index contributed by atoms with van der Waals surface area (Å²) in [6, 6.07) is 9.63. The number of rotatable bonds is 10. The van der Waals surface area contributed by atoms with Crippen LogP contribution in [0.15, 0.2) is 30.3 Å². The fourth-order valence-corrected chi connectivity index (χ4v) is 3.19. The van der Waals surface area contributed by atoms with Crippen molar-refractivity contribution in [2.45, 2.75) is 58.7 Å². The van der Waals surface area contributed by atoms with Crippen molar-refractivity contribution in [1.82, 2.24) is 5.32 Å². The molecule has 1 saturated heterocycles. The maximum atomic E-state index is 12.3. The number of amides is 1. The van der Waals surface area contributed by atoms with Crippen molar-refractivity contribution >= 4 is 17.8 Å². The second-order valence-corrected chi connectivity index (χ2v) is 6.95. The Bertz CT molecular complexity index is 679. The molecule has 0 saturated carbocycles. The first-order valence-electron chi connectivity index (χ1n) is 9.79. The number of benzene rings is 1. The largest absolute Gasteiger partial charge is 0.455 e. The van der Waals surface area contributed by atoms with Gasteiger partial charge in [0.05, 0.1) is 19.3 Å². The number of nitrogens with one attached hydrogen (secondary N) is 1. The van der Waals surface area contributed by atoms with Gasteiger partial charge in [-0.3, -0.25) is 14.4 Å². The summed E-state index contributed by atoms with van der Waals surface area (Å²) >= 11 is 0. The van der Waals surface area contributed by atoms with Gasteiger partial charge in [-0.25, -0.2) is 0 Å². The molecule has 8 heteroatoms. The summed E-state index contributed by atoms with van der Waals surface area (Å²) in [6.45, 7) is 5.54. The Morgan fingerprint density at radius 1 is 1.07 bits per heavy atom. The van der Waals surface area contributed by atoms with Gasteiger partial charge in [-0.15, -0.1) is 0 Å². The van der Waals surface area contributed by atoms with E-state index in [1.807, 2.05) is 37.3 Å². The molecule has 1 aromatic rings. The average Bonchev–Trinajstić information content (AvgIpc) is 2.96. The van der Waals surface area contributed by atoms with Crippen molar-refractivity contribution in [3.05, 3.63) is 35.9 Å². The third-order valence-corrected chi connectivity index (χ3v) is 4.45. The molecule has 29 heavy (non-hydrogen) atoms. The zero-order chi connectivity index (χ0) is 21.2. The van der Waals surface area contributed by atoms with Crippen LogP contribution < -0.4 is 5.32 Å². The minimum absolute atomic E-state index is 0.0646. The molecule has 4 atom stereocenters. The number of ether oxygens (including phenoxy) is 4. The van der Waals surface area contributed by atoms with E-state index in [0.29, 0.717) is 13.2 Å². The average molecular weight is 407 g/mol. The standard InChI is InChI=1S/C21H29NO7/c1-4-10-22-19(25)11-17-18(13-26-12-16-8-6-5-7-9-16)29-21(28-15(3)24)20(17)27-14(2)23/h5-9,17-18,20-21H,4,10-13H2,1-3H3,(H,22,25)/t17-,18+,20-,21+/m0/s1. The quantitative estimate of drug-likeness (QED) is 0.592. The van der Waals surface area contributed by atoms with Gasteiger partial charge >= 0.3 is 11.9 Å². The Kier molecular flexibility index (Phi) is 9.08. The first-order valence-corrected chi connectivity index (χ1v) is 9.79. The lowest BCUT2D eigenvalue weighted by atomic mass is 9.94. The SMILES string of the molecule is CCCNC(=O)C[C@@H]1[C@H](OC(C)=O)[C@H](OC(C)=O)O[C@@H]1COCc1ccccc1. The van der Waals surface area contributed by atoms with Gasteiger partial charge < -0.3 is 24.3 Å². The third kappa shape index (κ3) is 7.47. The molecule has 0 aromatic heterocycles. The first kappa shape index (κ1) is 22.8. The zero-order valence-electron chi connectivity index (χ0n) is 17.1. The Hall–Kier alpha value is -2.45.